The molecule has 0 aromatic rings. The van der Waals surface area contributed by atoms with Crippen molar-refractivity contribution in [3.63, 3.8) is 0 Å². The van der Waals surface area contributed by atoms with Crippen molar-refractivity contribution in [2.24, 2.45) is 5.92 Å². The van der Waals surface area contributed by atoms with E-state index in [0.29, 0.717) is 38.5 Å². The highest BCUT2D eigenvalue weighted by Gasteiger charge is 2.20. The average molecular weight is 227 g/mol. The smallest absolute Gasteiger partial charge is 0.409 e. The predicted octanol–water partition coefficient (Wildman–Crippen LogP) is 2.22. The van der Waals surface area contributed by atoms with Crippen LogP contribution in [-0.4, -0.2) is 36.5 Å². The zero-order valence-corrected chi connectivity index (χ0v) is 10.2. The molecule has 0 aromatic carbocycles. The van der Waals surface area contributed by atoms with E-state index in [4.69, 9.17) is 4.74 Å². The van der Waals surface area contributed by atoms with Gasteiger partial charge in [0.2, 0.25) is 0 Å². The largest absolute Gasteiger partial charge is 0.449 e. The van der Waals surface area contributed by atoms with Crippen molar-refractivity contribution in [3.8, 4) is 0 Å². The van der Waals surface area contributed by atoms with E-state index in [1.54, 1.807) is 4.90 Å². The van der Waals surface area contributed by atoms with Crippen LogP contribution in [0.25, 0.3) is 0 Å². The fourth-order valence-electron chi connectivity index (χ4n) is 1.57. The average Bonchev–Trinajstić information content (AvgIpc) is 2.50. The van der Waals surface area contributed by atoms with Crippen molar-refractivity contribution >= 4 is 11.9 Å². The molecule has 0 N–H and O–H groups in total. The maximum Gasteiger partial charge on any atom is 0.409 e. The molecule has 1 atom stereocenters. The third-order valence-electron chi connectivity index (χ3n) is 2.99. The van der Waals surface area contributed by atoms with Gasteiger partial charge in [0.25, 0.3) is 0 Å². The van der Waals surface area contributed by atoms with Gasteiger partial charge < -0.3 is 9.64 Å². The molecule has 1 aliphatic heterocycles. The summed E-state index contributed by atoms with van der Waals surface area (Å²) in [6, 6.07) is 0. The van der Waals surface area contributed by atoms with Gasteiger partial charge in [0.05, 0.1) is 6.61 Å². The Kier molecular flexibility index (Phi) is 5.29. The number of rotatable bonds is 3. The van der Waals surface area contributed by atoms with Crippen LogP contribution >= 0.6 is 0 Å². The van der Waals surface area contributed by atoms with Gasteiger partial charge in [0.1, 0.15) is 5.78 Å². The first-order chi connectivity index (χ1) is 7.63. The quantitative estimate of drug-likeness (QED) is 0.742. The van der Waals surface area contributed by atoms with Crippen LogP contribution in [0.3, 0.4) is 0 Å². The molecule has 1 heterocycles. The van der Waals surface area contributed by atoms with E-state index < -0.39 is 0 Å². The maximum absolute atomic E-state index is 11.7. The van der Waals surface area contributed by atoms with Crippen LogP contribution in [0.1, 0.15) is 39.5 Å². The molecule has 0 bridgehead atoms. The van der Waals surface area contributed by atoms with Crippen LogP contribution < -0.4 is 0 Å². The number of likely N-dealkylation sites (tertiary alicyclic amines) is 1. The Labute approximate surface area is 96.9 Å². The molecule has 4 nitrogen and oxygen atoms in total. The zero-order valence-electron chi connectivity index (χ0n) is 10.2. The summed E-state index contributed by atoms with van der Waals surface area (Å²) in [5.74, 6) is 0.648. The first-order valence-corrected chi connectivity index (χ1v) is 6.07. The van der Waals surface area contributed by atoms with Crippen LogP contribution in [0, 0.1) is 5.92 Å². The lowest BCUT2D eigenvalue weighted by Gasteiger charge is -2.20. The van der Waals surface area contributed by atoms with Gasteiger partial charge in [-0.15, -0.1) is 0 Å². The molecule has 0 aromatic heterocycles. The van der Waals surface area contributed by atoms with Crippen molar-refractivity contribution < 1.29 is 14.3 Å². The van der Waals surface area contributed by atoms with Crippen LogP contribution in [0.5, 0.6) is 0 Å². The Bertz CT molecular complexity index is 253. The minimum absolute atomic E-state index is 0.247. The lowest BCUT2D eigenvalue weighted by Crippen LogP contribution is -2.33. The van der Waals surface area contributed by atoms with Gasteiger partial charge in [0.15, 0.2) is 0 Å². The lowest BCUT2D eigenvalue weighted by molar-refractivity contribution is -0.118. The Morgan fingerprint density at radius 2 is 2.19 bits per heavy atom. The van der Waals surface area contributed by atoms with E-state index in [0.717, 1.165) is 12.8 Å². The molecular weight excluding hydrogens is 206 g/mol. The predicted molar refractivity (Wildman–Crippen MR) is 61.2 cm³/mol. The van der Waals surface area contributed by atoms with Gasteiger partial charge in [-0.2, -0.15) is 0 Å². The minimum atomic E-state index is -0.269. The van der Waals surface area contributed by atoms with Crippen LogP contribution in [0.2, 0.25) is 0 Å². The van der Waals surface area contributed by atoms with E-state index in [-0.39, 0.29) is 11.9 Å². The molecule has 1 rings (SSSR count). The van der Waals surface area contributed by atoms with E-state index in [1.165, 1.54) is 0 Å². The third kappa shape index (κ3) is 4.21. The van der Waals surface area contributed by atoms with Gasteiger partial charge in [-0.25, -0.2) is 4.79 Å². The highest BCUT2D eigenvalue weighted by atomic mass is 16.6. The highest BCUT2D eigenvalue weighted by Crippen LogP contribution is 2.09. The van der Waals surface area contributed by atoms with Gasteiger partial charge in [-0.1, -0.05) is 20.3 Å². The minimum Gasteiger partial charge on any atom is -0.449 e. The third-order valence-corrected chi connectivity index (χ3v) is 2.99. The number of ether oxygens (including phenoxy) is 1. The van der Waals surface area contributed by atoms with Crippen molar-refractivity contribution in [2.45, 2.75) is 39.5 Å². The maximum atomic E-state index is 11.7. The fourth-order valence-corrected chi connectivity index (χ4v) is 1.57. The SMILES string of the molecule is CC[C@@H](C)COC(=O)N1CCCC(=O)CC1. The lowest BCUT2D eigenvalue weighted by atomic mass is 10.1. The second-order valence-corrected chi connectivity index (χ2v) is 4.47. The normalized spacial score (nSPS) is 19.1. The van der Waals surface area contributed by atoms with Crippen LogP contribution in [0.15, 0.2) is 0 Å². The summed E-state index contributed by atoms with van der Waals surface area (Å²) < 4.78 is 5.20. The topological polar surface area (TPSA) is 46.6 Å². The molecule has 4 heteroatoms. The first kappa shape index (κ1) is 13.0. The summed E-state index contributed by atoms with van der Waals surface area (Å²) in [6.07, 6.45) is 2.56. The number of Topliss-reactive ketones (excluding diaryl/α,β-unsaturated/α-hetero) is 1. The fraction of sp³-hybridized carbons (Fsp3) is 0.833. The van der Waals surface area contributed by atoms with Gasteiger partial charge >= 0.3 is 6.09 Å². The Hall–Kier alpha value is -1.06. The second-order valence-electron chi connectivity index (χ2n) is 4.47. The summed E-state index contributed by atoms with van der Waals surface area (Å²) >= 11 is 0. The van der Waals surface area contributed by atoms with E-state index in [9.17, 15) is 9.59 Å². The van der Waals surface area contributed by atoms with Gasteiger partial charge in [0, 0.05) is 25.9 Å². The standard InChI is InChI=1S/C12H21NO3/c1-3-10(2)9-16-12(15)13-7-4-5-11(14)6-8-13/h10H,3-9H2,1-2H3/t10-/m1/s1. The number of hydrogen-bond donors (Lipinski definition) is 0. The molecule has 0 unspecified atom stereocenters. The second kappa shape index (κ2) is 6.51. The van der Waals surface area contributed by atoms with E-state index in [2.05, 4.69) is 13.8 Å². The number of carbonyl (C=O) groups excluding carboxylic acids is 2. The number of ketones is 1. The van der Waals surface area contributed by atoms with Crippen LogP contribution in [-0.2, 0) is 9.53 Å². The number of hydrogen-bond acceptors (Lipinski definition) is 3. The van der Waals surface area contributed by atoms with Crippen molar-refractivity contribution in [1.29, 1.82) is 0 Å². The van der Waals surface area contributed by atoms with Crippen LogP contribution in [0.4, 0.5) is 4.79 Å². The van der Waals surface area contributed by atoms with Crippen molar-refractivity contribution in [3.05, 3.63) is 0 Å². The molecular formula is C12H21NO3. The molecule has 0 radical (unpaired) electrons. The molecule has 1 fully saturated rings. The molecule has 1 aliphatic rings. The Morgan fingerprint density at radius 3 is 2.88 bits per heavy atom. The van der Waals surface area contributed by atoms with E-state index >= 15 is 0 Å². The van der Waals surface area contributed by atoms with Gasteiger partial charge in [-0.05, 0) is 12.3 Å². The summed E-state index contributed by atoms with van der Waals surface area (Å²) in [7, 11) is 0. The highest BCUT2D eigenvalue weighted by molar-refractivity contribution is 5.79. The molecule has 1 amide bonds. The molecule has 92 valence electrons. The molecule has 16 heavy (non-hydrogen) atoms. The molecule has 1 saturated heterocycles. The monoisotopic (exact) mass is 227 g/mol. The molecule has 0 spiro atoms. The first-order valence-electron chi connectivity index (χ1n) is 6.07. The van der Waals surface area contributed by atoms with Gasteiger partial charge in [-0.3, -0.25) is 4.79 Å². The molecule has 0 saturated carbocycles. The van der Waals surface area contributed by atoms with E-state index in [1.807, 2.05) is 0 Å². The molecule has 0 aliphatic carbocycles. The zero-order chi connectivity index (χ0) is 12.0. The summed E-state index contributed by atoms with van der Waals surface area (Å²) in [6.45, 7) is 5.76. The number of carbonyl (C=O) groups is 2. The van der Waals surface area contributed by atoms with Crippen molar-refractivity contribution in [1.82, 2.24) is 4.90 Å². The van der Waals surface area contributed by atoms with Crippen molar-refractivity contribution in [2.75, 3.05) is 19.7 Å². The number of nitrogens with zero attached hydrogens (tertiary/aromatic N) is 1. The summed E-state index contributed by atoms with van der Waals surface area (Å²) in [4.78, 5) is 24.5. The summed E-state index contributed by atoms with van der Waals surface area (Å²) in [5.41, 5.74) is 0. The Morgan fingerprint density at radius 1 is 1.44 bits per heavy atom. The summed E-state index contributed by atoms with van der Waals surface area (Å²) in [5, 5.41) is 0. The number of amides is 1. The Balaban J connectivity index is 2.32.